The number of likely N-dealkylation sites (N-methyl/N-ethyl adjacent to an activating group) is 1. The summed E-state index contributed by atoms with van der Waals surface area (Å²) < 4.78 is 10.6. The number of amides is 4. The van der Waals surface area contributed by atoms with Crippen molar-refractivity contribution in [2.75, 3.05) is 18.5 Å². The first-order chi connectivity index (χ1) is 18.8. The molecular formula is C28H41ClN4O7. The maximum atomic E-state index is 13.9. The highest BCUT2D eigenvalue weighted by atomic mass is 35.5. The number of rotatable bonds is 12. The van der Waals surface area contributed by atoms with E-state index in [2.05, 4.69) is 16.0 Å². The molecule has 3 N–H and O–H groups in total. The third kappa shape index (κ3) is 8.41. The molecule has 0 radical (unpaired) electrons. The first kappa shape index (κ1) is 33.0. The van der Waals surface area contributed by atoms with Crippen molar-refractivity contribution >= 4 is 46.9 Å². The summed E-state index contributed by atoms with van der Waals surface area (Å²) in [5, 5.41) is 8.47. The zero-order chi connectivity index (χ0) is 30.2. The topological polar surface area (TPSA) is 143 Å². The van der Waals surface area contributed by atoms with E-state index in [4.69, 9.17) is 21.1 Å². The van der Waals surface area contributed by atoms with Gasteiger partial charge in [-0.2, -0.15) is 0 Å². The van der Waals surface area contributed by atoms with E-state index in [-0.39, 0.29) is 35.9 Å². The summed E-state index contributed by atoms with van der Waals surface area (Å²) in [5.41, 5.74) is -0.120. The molecule has 12 heteroatoms. The van der Waals surface area contributed by atoms with Gasteiger partial charge in [-0.25, -0.2) is 0 Å². The number of hydrogen-bond donors (Lipinski definition) is 3. The van der Waals surface area contributed by atoms with E-state index in [1.54, 1.807) is 27.7 Å². The SMILES string of the molecule is CCOC1OC(=O)CC1NC(=O)C(CC)N(CC)C(=O)C(NC(=O)c1ccc(NC(=O)CC)c(Cl)c1)C(C)(C)C. The molecule has 4 atom stereocenters. The number of halogens is 1. The van der Waals surface area contributed by atoms with Crippen LogP contribution in [0.3, 0.4) is 0 Å². The molecule has 1 aromatic rings. The van der Waals surface area contributed by atoms with Crippen molar-refractivity contribution in [3.05, 3.63) is 28.8 Å². The number of carbonyl (C=O) groups is 5. The van der Waals surface area contributed by atoms with Gasteiger partial charge in [0.2, 0.25) is 24.0 Å². The second-order valence-electron chi connectivity index (χ2n) is 10.5. The lowest BCUT2D eigenvalue weighted by Gasteiger charge is -2.38. The lowest BCUT2D eigenvalue weighted by atomic mass is 9.85. The van der Waals surface area contributed by atoms with Gasteiger partial charge in [0.15, 0.2) is 0 Å². The Labute approximate surface area is 240 Å². The van der Waals surface area contributed by atoms with Crippen LogP contribution in [-0.2, 0) is 28.7 Å². The van der Waals surface area contributed by atoms with Gasteiger partial charge in [0.25, 0.3) is 5.91 Å². The molecule has 2 rings (SSSR count). The number of benzene rings is 1. The largest absolute Gasteiger partial charge is 0.433 e. The molecule has 1 saturated heterocycles. The van der Waals surface area contributed by atoms with Crippen LogP contribution in [0.1, 0.15) is 78.1 Å². The van der Waals surface area contributed by atoms with Gasteiger partial charge in [0.05, 0.1) is 17.1 Å². The Morgan fingerprint density at radius 3 is 2.35 bits per heavy atom. The second-order valence-corrected chi connectivity index (χ2v) is 11.0. The van der Waals surface area contributed by atoms with Gasteiger partial charge in [-0.05, 0) is 43.9 Å². The number of hydrogen-bond acceptors (Lipinski definition) is 7. The summed E-state index contributed by atoms with van der Waals surface area (Å²) in [5.74, 6) is -2.09. The van der Waals surface area contributed by atoms with Crippen LogP contribution in [0.25, 0.3) is 0 Å². The fourth-order valence-electron chi connectivity index (χ4n) is 4.35. The van der Waals surface area contributed by atoms with Crippen LogP contribution in [0.5, 0.6) is 0 Å². The number of ether oxygens (including phenoxy) is 2. The van der Waals surface area contributed by atoms with Gasteiger partial charge < -0.3 is 30.3 Å². The molecule has 0 aliphatic carbocycles. The monoisotopic (exact) mass is 580 g/mol. The van der Waals surface area contributed by atoms with Gasteiger partial charge >= 0.3 is 5.97 Å². The fourth-order valence-corrected chi connectivity index (χ4v) is 4.58. The summed E-state index contributed by atoms with van der Waals surface area (Å²) in [4.78, 5) is 65.3. The number of carbonyl (C=O) groups excluding carboxylic acids is 5. The molecule has 4 unspecified atom stereocenters. The third-order valence-corrected chi connectivity index (χ3v) is 6.84. The van der Waals surface area contributed by atoms with Crippen molar-refractivity contribution < 1.29 is 33.4 Å². The lowest BCUT2D eigenvalue weighted by Crippen LogP contribution is -2.60. The van der Waals surface area contributed by atoms with Gasteiger partial charge in [0.1, 0.15) is 18.1 Å². The van der Waals surface area contributed by atoms with Gasteiger partial charge in [-0.1, -0.05) is 46.2 Å². The van der Waals surface area contributed by atoms with Crippen LogP contribution < -0.4 is 16.0 Å². The van der Waals surface area contributed by atoms with Gasteiger partial charge in [-0.3, -0.25) is 24.0 Å². The molecule has 11 nitrogen and oxygen atoms in total. The van der Waals surface area contributed by atoms with E-state index in [9.17, 15) is 24.0 Å². The standard InChI is InChI=1S/C28H41ClN4O7/c1-8-20(25(37)31-19-15-22(35)40-27(19)39-11-4)33(10-3)26(38)23(28(5,6)7)32-24(36)16-12-13-18(17(29)14-16)30-21(34)9-2/h12-14,19-20,23,27H,8-11,15H2,1-7H3,(H,30,34)(H,31,37)(H,32,36). The first-order valence-corrected chi connectivity index (χ1v) is 14.0. The van der Waals surface area contributed by atoms with Crippen molar-refractivity contribution in [1.29, 1.82) is 0 Å². The van der Waals surface area contributed by atoms with Gasteiger partial charge in [-0.15, -0.1) is 0 Å². The molecule has 40 heavy (non-hydrogen) atoms. The van der Waals surface area contributed by atoms with Crippen molar-refractivity contribution in [2.45, 2.75) is 92.1 Å². The highest BCUT2D eigenvalue weighted by molar-refractivity contribution is 6.34. The number of nitrogens with zero attached hydrogens (tertiary/aromatic N) is 1. The summed E-state index contributed by atoms with van der Waals surface area (Å²) in [7, 11) is 0. The Balaban J connectivity index is 2.24. The molecule has 1 aromatic carbocycles. The Hall–Kier alpha value is -3.18. The van der Waals surface area contributed by atoms with Crippen molar-refractivity contribution in [2.24, 2.45) is 5.41 Å². The van der Waals surface area contributed by atoms with E-state index < -0.39 is 53.5 Å². The first-order valence-electron chi connectivity index (χ1n) is 13.6. The predicted octanol–water partition coefficient (Wildman–Crippen LogP) is 3.25. The van der Waals surface area contributed by atoms with E-state index >= 15 is 0 Å². The molecule has 0 aromatic heterocycles. The van der Waals surface area contributed by atoms with Crippen molar-refractivity contribution in [3.8, 4) is 0 Å². The molecular weight excluding hydrogens is 540 g/mol. The summed E-state index contributed by atoms with van der Waals surface area (Å²) in [6, 6.07) is 1.96. The Kier molecular flexibility index (Phi) is 11.9. The number of esters is 1. The van der Waals surface area contributed by atoms with Crippen LogP contribution >= 0.6 is 11.6 Å². The second kappa shape index (κ2) is 14.5. The maximum absolute atomic E-state index is 13.9. The van der Waals surface area contributed by atoms with Crippen LogP contribution in [0.15, 0.2) is 18.2 Å². The maximum Gasteiger partial charge on any atom is 0.310 e. The lowest BCUT2D eigenvalue weighted by molar-refractivity contribution is -0.164. The van der Waals surface area contributed by atoms with Crippen LogP contribution in [0, 0.1) is 5.41 Å². The third-order valence-electron chi connectivity index (χ3n) is 6.53. The quantitative estimate of drug-likeness (QED) is 0.322. The molecule has 1 aliphatic rings. The number of nitrogens with one attached hydrogen (secondary N) is 3. The predicted molar refractivity (Wildman–Crippen MR) is 151 cm³/mol. The van der Waals surface area contributed by atoms with Crippen molar-refractivity contribution in [3.63, 3.8) is 0 Å². The summed E-state index contributed by atoms with van der Waals surface area (Å²) in [6.45, 7) is 13.0. The highest BCUT2D eigenvalue weighted by Crippen LogP contribution is 2.26. The van der Waals surface area contributed by atoms with Crippen molar-refractivity contribution in [1.82, 2.24) is 15.5 Å². The molecule has 4 amide bonds. The minimum absolute atomic E-state index is 0.0307. The normalized spacial score (nSPS) is 18.4. The Morgan fingerprint density at radius 1 is 1.15 bits per heavy atom. The number of anilines is 1. The average Bonchev–Trinajstić information content (AvgIpc) is 3.23. The average molecular weight is 581 g/mol. The number of cyclic esters (lactones) is 1. The molecule has 1 heterocycles. The summed E-state index contributed by atoms with van der Waals surface area (Å²) in [6.07, 6.45) is -0.340. The smallest absolute Gasteiger partial charge is 0.310 e. The van der Waals surface area contributed by atoms with E-state index in [0.29, 0.717) is 18.7 Å². The molecule has 0 bridgehead atoms. The van der Waals surface area contributed by atoms with Crippen LogP contribution in [-0.4, -0.2) is 72.1 Å². The zero-order valence-corrected chi connectivity index (χ0v) is 25.0. The molecule has 1 fully saturated rings. The Morgan fingerprint density at radius 2 is 1.82 bits per heavy atom. The van der Waals surface area contributed by atoms with Gasteiger partial charge in [0, 0.05) is 25.1 Å². The van der Waals surface area contributed by atoms with E-state index in [1.165, 1.54) is 23.1 Å². The van der Waals surface area contributed by atoms with E-state index in [0.717, 1.165) is 0 Å². The highest BCUT2D eigenvalue weighted by Gasteiger charge is 2.41. The van der Waals surface area contributed by atoms with E-state index in [1.807, 2.05) is 20.8 Å². The fraction of sp³-hybridized carbons (Fsp3) is 0.607. The van der Waals surface area contributed by atoms with Crippen LogP contribution in [0.2, 0.25) is 5.02 Å². The van der Waals surface area contributed by atoms with Crippen LogP contribution in [0.4, 0.5) is 5.69 Å². The Bertz CT molecular complexity index is 1100. The minimum Gasteiger partial charge on any atom is -0.433 e. The molecule has 0 spiro atoms. The minimum atomic E-state index is -0.979. The molecule has 222 valence electrons. The molecule has 1 aliphatic heterocycles. The molecule has 0 saturated carbocycles. The summed E-state index contributed by atoms with van der Waals surface area (Å²) >= 11 is 6.29. The zero-order valence-electron chi connectivity index (χ0n) is 24.3.